The van der Waals surface area contributed by atoms with Gasteiger partial charge in [0.05, 0.1) is 15.8 Å². The lowest BCUT2D eigenvalue weighted by atomic mass is 9.50. The Bertz CT molecular complexity index is 425. The number of hydrogen-bond donors (Lipinski definition) is 1. The fraction of sp³-hybridized carbons (Fsp3) is 0.923. The van der Waals surface area contributed by atoms with Gasteiger partial charge >= 0.3 is 0 Å². The summed E-state index contributed by atoms with van der Waals surface area (Å²) < 4.78 is 20.0. The third-order valence-electron chi connectivity index (χ3n) is 5.00. The molecule has 94 valence electrons. The molecule has 0 heterocycles. The van der Waals surface area contributed by atoms with Gasteiger partial charge in [-0.1, -0.05) is 0 Å². The van der Waals surface area contributed by atoms with Crippen molar-refractivity contribution in [3.8, 4) is 6.07 Å². The molecule has 0 spiro atoms. The number of hydrogen-bond acceptors (Lipinski definition) is 3. The standard InChI is InChI=1S/C13H20N2OS/c14-1-2-17(15,16)9-13-6-10-3-11(7-13)5-12(4-10)8-13/h10-12,15H,2-9H2. The molecule has 4 fully saturated rings. The summed E-state index contributed by atoms with van der Waals surface area (Å²) in [7, 11) is -2.66. The molecule has 1 N–H and O–H groups in total. The molecule has 17 heavy (non-hydrogen) atoms. The molecular formula is C13H20N2OS. The highest BCUT2D eigenvalue weighted by Gasteiger charge is 2.51. The summed E-state index contributed by atoms with van der Waals surface area (Å²) in [6, 6.07) is 1.93. The van der Waals surface area contributed by atoms with Crippen LogP contribution < -0.4 is 0 Å². The molecule has 0 amide bonds. The van der Waals surface area contributed by atoms with E-state index in [0.717, 1.165) is 17.8 Å². The van der Waals surface area contributed by atoms with E-state index < -0.39 is 9.73 Å². The number of rotatable bonds is 3. The SMILES string of the molecule is N#CCS(=N)(=O)CC12CC3CC(CC(C3)C1)C2. The Morgan fingerprint density at radius 3 is 2.06 bits per heavy atom. The molecule has 4 aliphatic carbocycles. The summed E-state index contributed by atoms with van der Waals surface area (Å²) in [5.74, 6) is 2.92. The summed E-state index contributed by atoms with van der Waals surface area (Å²) in [5, 5.41) is 8.67. The molecule has 0 aromatic heterocycles. The maximum atomic E-state index is 12.1. The van der Waals surface area contributed by atoms with Crippen molar-refractivity contribution >= 4 is 9.73 Å². The minimum atomic E-state index is -2.66. The first-order valence-electron chi connectivity index (χ1n) is 6.61. The molecule has 4 rings (SSSR count). The van der Waals surface area contributed by atoms with Crippen molar-refractivity contribution in [1.82, 2.24) is 0 Å². The lowest BCUT2D eigenvalue weighted by Crippen LogP contribution is -2.49. The van der Waals surface area contributed by atoms with Gasteiger partial charge in [0.15, 0.2) is 0 Å². The van der Waals surface area contributed by atoms with E-state index in [-0.39, 0.29) is 11.2 Å². The van der Waals surface area contributed by atoms with Crippen molar-refractivity contribution in [3.63, 3.8) is 0 Å². The van der Waals surface area contributed by atoms with Crippen LogP contribution in [0.3, 0.4) is 0 Å². The van der Waals surface area contributed by atoms with E-state index in [9.17, 15) is 4.21 Å². The maximum absolute atomic E-state index is 12.1. The summed E-state index contributed by atoms with van der Waals surface area (Å²) >= 11 is 0. The molecule has 0 radical (unpaired) electrons. The highest BCUT2D eigenvalue weighted by Crippen LogP contribution is 2.60. The van der Waals surface area contributed by atoms with Gasteiger partial charge in [-0.15, -0.1) is 0 Å². The normalized spacial score (nSPS) is 46.4. The Morgan fingerprint density at radius 2 is 1.65 bits per heavy atom. The maximum Gasteiger partial charge on any atom is 0.119 e. The predicted octanol–water partition coefficient (Wildman–Crippen LogP) is 2.77. The van der Waals surface area contributed by atoms with Gasteiger partial charge in [-0.3, -0.25) is 4.78 Å². The topological polar surface area (TPSA) is 64.7 Å². The molecule has 0 aliphatic heterocycles. The van der Waals surface area contributed by atoms with Gasteiger partial charge < -0.3 is 0 Å². The molecular weight excluding hydrogens is 232 g/mol. The number of nitrogens with zero attached hydrogens (tertiary/aromatic N) is 1. The third-order valence-corrected chi connectivity index (χ3v) is 6.68. The second-order valence-electron chi connectivity index (χ2n) is 6.68. The minimum Gasteiger partial charge on any atom is -0.252 e. The fourth-order valence-electron chi connectivity index (χ4n) is 5.12. The highest BCUT2D eigenvalue weighted by atomic mass is 32.2. The van der Waals surface area contributed by atoms with E-state index in [1.165, 1.54) is 38.5 Å². The number of nitriles is 1. The van der Waals surface area contributed by atoms with E-state index >= 15 is 0 Å². The average molecular weight is 252 g/mol. The fourth-order valence-corrected chi connectivity index (χ4v) is 6.77. The first-order chi connectivity index (χ1) is 8.00. The van der Waals surface area contributed by atoms with Gasteiger partial charge in [-0.25, -0.2) is 4.21 Å². The average Bonchev–Trinajstić information content (AvgIpc) is 2.11. The minimum absolute atomic E-state index is 0.0747. The van der Waals surface area contributed by atoms with Gasteiger partial charge in [0.1, 0.15) is 5.75 Å². The van der Waals surface area contributed by atoms with E-state index in [1.807, 2.05) is 6.07 Å². The van der Waals surface area contributed by atoms with Crippen LogP contribution in [0.5, 0.6) is 0 Å². The van der Waals surface area contributed by atoms with Crippen LogP contribution in [0.25, 0.3) is 0 Å². The molecule has 4 bridgehead atoms. The highest BCUT2D eigenvalue weighted by molar-refractivity contribution is 7.92. The zero-order chi connectivity index (χ0) is 12.1. The molecule has 0 saturated heterocycles. The molecule has 0 aromatic rings. The van der Waals surface area contributed by atoms with E-state index in [4.69, 9.17) is 10.0 Å². The van der Waals surface area contributed by atoms with Crippen LogP contribution in [-0.2, 0) is 9.73 Å². The molecule has 3 nitrogen and oxygen atoms in total. The Kier molecular flexibility index (Phi) is 2.52. The zero-order valence-electron chi connectivity index (χ0n) is 10.2. The molecule has 4 saturated carbocycles. The smallest absolute Gasteiger partial charge is 0.119 e. The van der Waals surface area contributed by atoms with Crippen LogP contribution >= 0.6 is 0 Å². The largest absolute Gasteiger partial charge is 0.252 e. The molecule has 1 unspecified atom stereocenters. The van der Waals surface area contributed by atoms with Crippen molar-refractivity contribution in [1.29, 1.82) is 10.0 Å². The Balaban J connectivity index is 1.81. The van der Waals surface area contributed by atoms with E-state index in [0.29, 0.717) is 5.75 Å². The predicted molar refractivity (Wildman–Crippen MR) is 66.8 cm³/mol. The summed E-state index contributed by atoms with van der Waals surface area (Å²) in [6.07, 6.45) is 7.66. The molecule has 4 heteroatoms. The van der Waals surface area contributed by atoms with Crippen LogP contribution in [-0.4, -0.2) is 15.7 Å². The van der Waals surface area contributed by atoms with Crippen LogP contribution in [0.15, 0.2) is 0 Å². The first-order valence-corrected chi connectivity index (χ1v) is 8.51. The van der Waals surface area contributed by atoms with E-state index in [1.54, 1.807) is 0 Å². The van der Waals surface area contributed by atoms with Crippen molar-refractivity contribution in [3.05, 3.63) is 0 Å². The van der Waals surface area contributed by atoms with Crippen LogP contribution in [0.2, 0.25) is 0 Å². The van der Waals surface area contributed by atoms with Gasteiger partial charge in [-0.05, 0) is 61.7 Å². The first kappa shape index (κ1) is 11.5. The van der Waals surface area contributed by atoms with Crippen LogP contribution in [0, 0.1) is 39.3 Å². The van der Waals surface area contributed by atoms with Crippen molar-refractivity contribution in [2.24, 2.45) is 23.2 Å². The van der Waals surface area contributed by atoms with Gasteiger partial charge in [-0.2, -0.15) is 5.26 Å². The second kappa shape index (κ2) is 3.71. The molecule has 0 aromatic carbocycles. The van der Waals surface area contributed by atoms with Gasteiger partial charge in [0, 0.05) is 5.75 Å². The van der Waals surface area contributed by atoms with Crippen molar-refractivity contribution in [2.75, 3.05) is 11.5 Å². The Labute approximate surface area is 104 Å². The van der Waals surface area contributed by atoms with Crippen LogP contribution in [0.4, 0.5) is 0 Å². The van der Waals surface area contributed by atoms with Crippen molar-refractivity contribution < 1.29 is 4.21 Å². The van der Waals surface area contributed by atoms with Crippen molar-refractivity contribution in [2.45, 2.75) is 38.5 Å². The number of nitrogens with one attached hydrogen (secondary N) is 1. The summed E-state index contributed by atoms with van der Waals surface area (Å²) in [4.78, 5) is 0. The zero-order valence-corrected chi connectivity index (χ0v) is 11.0. The monoisotopic (exact) mass is 252 g/mol. The summed E-state index contributed by atoms with van der Waals surface area (Å²) in [6.45, 7) is 0. The van der Waals surface area contributed by atoms with Crippen LogP contribution in [0.1, 0.15) is 38.5 Å². The quantitative estimate of drug-likeness (QED) is 0.839. The van der Waals surface area contributed by atoms with E-state index in [2.05, 4.69) is 0 Å². The summed E-state index contributed by atoms with van der Waals surface area (Å²) in [5.41, 5.74) is 0.171. The Morgan fingerprint density at radius 1 is 1.18 bits per heavy atom. The molecule has 4 aliphatic rings. The third kappa shape index (κ3) is 2.10. The lowest BCUT2D eigenvalue weighted by Gasteiger charge is -2.56. The van der Waals surface area contributed by atoms with Gasteiger partial charge in [0.2, 0.25) is 0 Å². The second-order valence-corrected chi connectivity index (χ2v) is 8.88. The Hall–Kier alpha value is -0.560. The lowest BCUT2D eigenvalue weighted by molar-refractivity contribution is -0.0387. The molecule has 1 atom stereocenters. The van der Waals surface area contributed by atoms with Gasteiger partial charge in [0.25, 0.3) is 0 Å².